The summed E-state index contributed by atoms with van der Waals surface area (Å²) in [5.74, 6) is -11.2. The lowest BCUT2D eigenvalue weighted by molar-refractivity contribution is -0.140. The number of thiol groups is 1. The van der Waals surface area contributed by atoms with Gasteiger partial charge in [-0.05, 0) is 48.6 Å². The minimum Gasteiger partial charge on any atom is -0.394 e. The Balaban J connectivity index is 1.11. The highest BCUT2D eigenvalue weighted by Gasteiger charge is 2.42. The number of para-hydroxylation sites is 1. The summed E-state index contributed by atoms with van der Waals surface area (Å²) in [5, 5.41) is 61.5. The number of nitrogens with one attached hydrogen (secondary N) is 12. The van der Waals surface area contributed by atoms with E-state index in [0.29, 0.717) is 39.2 Å². The van der Waals surface area contributed by atoms with E-state index in [9.17, 15) is 77.6 Å². The van der Waals surface area contributed by atoms with Crippen molar-refractivity contribution in [2.24, 2.45) is 11.8 Å². The van der Waals surface area contributed by atoms with Crippen LogP contribution >= 0.6 is 24.4 Å². The molecule has 0 aliphatic carbocycles. The fraction of sp³-hybridized carbons (Fsp3) is 0.534. The Labute approximate surface area is 527 Å². The molecule has 2 aromatic carbocycles. The molecule has 7 rings (SSSR count). The lowest BCUT2D eigenvalue weighted by Gasteiger charge is -2.33. The van der Waals surface area contributed by atoms with Crippen LogP contribution in [0.15, 0.2) is 53.6 Å². The SMILES string of the molecule is CCC(C)C1NC(=O)CNC(=O)C2Cc3c([nH]c4ccccc34)SCC(NC(=O)CNC1=O)C(=O)NC(CC(=O)NCc1ccc(NC(=O)[C@H](C)NC(=O)CNC(=O)CCN3C(=O)CC(S)C3=O)cc1)C(=O)N1CC(O)CC1CNC(C(C)C(O)CO)C(=O)N2. The summed E-state index contributed by atoms with van der Waals surface area (Å²) in [5.41, 5.74) is 1.87. The molecule has 0 spiro atoms. The number of H-pyrrole nitrogens is 1. The van der Waals surface area contributed by atoms with E-state index in [0.717, 1.165) is 16.7 Å². The van der Waals surface area contributed by atoms with Crippen LogP contribution in [0.25, 0.3) is 10.9 Å². The summed E-state index contributed by atoms with van der Waals surface area (Å²) in [6.07, 6.45) is -3.53. The molecule has 488 valence electrons. The quantitative estimate of drug-likeness (QED) is 0.0449. The molecule has 12 atom stereocenters. The van der Waals surface area contributed by atoms with Crippen molar-refractivity contribution in [1.29, 1.82) is 0 Å². The van der Waals surface area contributed by atoms with Gasteiger partial charge in [-0.1, -0.05) is 57.5 Å². The first-order valence-electron chi connectivity index (χ1n) is 29.6. The molecule has 2 bridgehead atoms. The largest absolute Gasteiger partial charge is 0.394 e. The smallest absolute Gasteiger partial charge is 0.246 e. The Bertz CT molecular complexity index is 3210. The molecule has 4 aliphatic heterocycles. The number of rotatable bonds is 17. The van der Waals surface area contributed by atoms with Crippen molar-refractivity contribution in [2.45, 2.75) is 138 Å². The van der Waals surface area contributed by atoms with Gasteiger partial charge in [-0.15, -0.1) is 11.8 Å². The molecule has 30 nitrogen and oxygen atoms in total. The predicted octanol–water partition coefficient (Wildman–Crippen LogP) is -4.33. The number of imide groups is 1. The number of benzene rings is 2. The number of fused-ring (bicyclic) bond motifs is 5. The number of aliphatic hydroxyl groups excluding tert-OH is 3. The minimum absolute atomic E-state index is 0.0655. The molecule has 32 heteroatoms. The lowest BCUT2D eigenvalue weighted by Crippen LogP contribution is -2.60. The van der Waals surface area contributed by atoms with E-state index in [1.54, 1.807) is 50.2 Å². The zero-order valence-corrected chi connectivity index (χ0v) is 51.8. The van der Waals surface area contributed by atoms with Crippen LogP contribution in [0, 0.1) is 11.8 Å². The van der Waals surface area contributed by atoms with Crippen molar-refractivity contribution in [3.05, 3.63) is 59.7 Å². The summed E-state index contributed by atoms with van der Waals surface area (Å²) in [4.78, 5) is 182. The van der Waals surface area contributed by atoms with Crippen molar-refractivity contribution < 1.29 is 77.6 Å². The number of aromatic amines is 1. The Kier molecular flexibility index (Phi) is 24.7. The summed E-state index contributed by atoms with van der Waals surface area (Å²) in [7, 11) is 0. The van der Waals surface area contributed by atoms with Crippen LogP contribution in [-0.2, 0) is 75.3 Å². The van der Waals surface area contributed by atoms with Crippen LogP contribution in [0.1, 0.15) is 70.9 Å². The molecule has 13 amide bonds. The molecule has 90 heavy (non-hydrogen) atoms. The number of aliphatic hydroxyl groups is 3. The van der Waals surface area contributed by atoms with Gasteiger partial charge in [0, 0.05) is 79.7 Å². The van der Waals surface area contributed by atoms with Crippen LogP contribution in [-0.4, -0.2) is 218 Å². The molecular weight excluding hydrogens is 1210 g/mol. The van der Waals surface area contributed by atoms with Crippen molar-refractivity contribution in [3.63, 3.8) is 0 Å². The van der Waals surface area contributed by atoms with E-state index in [2.05, 4.69) is 76.1 Å². The van der Waals surface area contributed by atoms with E-state index in [4.69, 9.17) is 0 Å². The Morgan fingerprint density at radius 3 is 2.17 bits per heavy atom. The molecule has 2 fully saturated rings. The number of nitrogens with zero attached hydrogens (tertiary/aromatic N) is 2. The van der Waals surface area contributed by atoms with Gasteiger partial charge in [0.25, 0.3) is 0 Å². The lowest BCUT2D eigenvalue weighted by atomic mass is 9.94. The number of anilines is 1. The van der Waals surface area contributed by atoms with Crippen molar-refractivity contribution in [2.75, 3.05) is 56.9 Å². The highest BCUT2D eigenvalue weighted by atomic mass is 32.2. The second-order valence-electron chi connectivity index (χ2n) is 22.7. The number of aromatic nitrogens is 1. The third-order valence-corrected chi connectivity index (χ3v) is 17.6. The van der Waals surface area contributed by atoms with Gasteiger partial charge >= 0.3 is 0 Å². The maximum absolute atomic E-state index is 15.0. The number of carbonyl (C=O) groups excluding carboxylic acids is 13. The Morgan fingerprint density at radius 1 is 0.778 bits per heavy atom. The van der Waals surface area contributed by atoms with Crippen LogP contribution < -0.4 is 58.5 Å². The molecule has 4 aliphatic rings. The third kappa shape index (κ3) is 18.5. The molecule has 0 radical (unpaired) electrons. The zero-order chi connectivity index (χ0) is 65.5. The fourth-order valence-electron chi connectivity index (χ4n) is 10.6. The number of amides is 13. The summed E-state index contributed by atoms with van der Waals surface area (Å²) < 4.78 is 0. The van der Waals surface area contributed by atoms with Crippen molar-refractivity contribution in [1.82, 2.24) is 68.0 Å². The normalized spacial score (nSPS) is 24.8. The highest BCUT2D eigenvalue weighted by molar-refractivity contribution is 7.99. The van der Waals surface area contributed by atoms with E-state index in [1.807, 2.05) is 0 Å². The highest BCUT2D eigenvalue weighted by Crippen LogP contribution is 2.32. The fourth-order valence-corrected chi connectivity index (χ4v) is 12.0. The molecule has 3 aromatic rings. The number of likely N-dealkylation sites (tertiary alicyclic amines) is 1. The van der Waals surface area contributed by atoms with Gasteiger partial charge in [0.2, 0.25) is 76.8 Å². The second-order valence-corrected chi connectivity index (χ2v) is 24.4. The number of thioether (sulfide) groups is 1. The van der Waals surface area contributed by atoms with Crippen molar-refractivity contribution in [3.8, 4) is 0 Å². The third-order valence-electron chi connectivity index (χ3n) is 16.1. The van der Waals surface area contributed by atoms with Gasteiger partial charge in [-0.3, -0.25) is 67.2 Å². The number of hydrogen-bond donors (Lipinski definition) is 16. The monoisotopic (exact) mass is 1290 g/mol. The summed E-state index contributed by atoms with van der Waals surface area (Å²) in [6, 6.07) is 3.99. The Morgan fingerprint density at radius 2 is 1.48 bits per heavy atom. The van der Waals surface area contributed by atoms with Crippen LogP contribution in [0.2, 0.25) is 0 Å². The molecule has 11 unspecified atom stereocenters. The first-order chi connectivity index (χ1) is 42.8. The molecule has 1 aromatic heterocycles. The van der Waals surface area contributed by atoms with Gasteiger partial charge in [-0.25, -0.2) is 0 Å². The van der Waals surface area contributed by atoms with E-state index < -0.39 is 181 Å². The Hall–Kier alpha value is -8.17. The maximum Gasteiger partial charge on any atom is 0.246 e. The van der Waals surface area contributed by atoms with Gasteiger partial charge in [0.1, 0.15) is 30.2 Å². The van der Waals surface area contributed by atoms with Crippen molar-refractivity contribution >= 4 is 118 Å². The van der Waals surface area contributed by atoms with Crippen LogP contribution in [0.5, 0.6) is 0 Å². The predicted molar refractivity (Wildman–Crippen MR) is 327 cm³/mol. The van der Waals surface area contributed by atoms with Crippen LogP contribution in [0.3, 0.4) is 0 Å². The zero-order valence-electron chi connectivity index (χ0n) is 50.1. The summed E-state index contributed by atoms with van der Waals surface area (Å²) in [6.45, 7) is 2.94. The van der Waals surface area contributed by atoms with E-state index in [1.165, 1.54) is 30.9 Å². The summed E-state index contributed by atoms with van der Waals surface area (Å²) >= 11 is 5.08. The molecule has 0 saturated carbocycles. The second kappa shape index (κ2) is 32.0. The average Bonchev–Trinajstić information content (AvgIpc) is 1.78. The van der Waals surface area contributed by atoms with Gasteiger partial charge in [0.15, 0.2) is 0 Å². The number of carbonyl (C=O) groups is 13. The number of hydrogen-bond acceptors (Lipinski definition) is 19. The molecule has 5 heterocycles. The minimum atomic E-state index is -1.67. The van der Waals surface area contributed by atoms with Gasteiger partial charge in [-0.2, -0.15) is 12.6 Å². The van der Waals surface area contributed by atoms with Gasteiger partial charge < -0.3 is 83.7 Å². The maximum atomic E-state index is 15.0. The molecular formula is C58H78N14O16S2. The van der Waals surface area contributed by atoms with Crippen LogP contribution in [0.4, 0.5) is 5.69 Å². The van der Waals surface area contributed by atoms with E-state index >= 15 is 0 Å². The topological polar surface area (TPSA) is 437 Å². The molecule has 2 saturated heterocycles. The van der Waals surface area contributed by atoms with E-state index in [-0.39, 0.29) is 57.6 Å². The first kappa shape index (κ1) is 69.3. The first-order valence-corrected chi connectivity index (χ1v) is 31.1. The average molecular weight is 1290 g/mol. The standard InChI is InChI=1S/C58H78N14O16S2/c1-5-28(2)49-54(85)63-23-46(79)66-40-27-90-56-36(35-8-6-7-9-37(35)69-56)17-38(52(83)62-24-47(80)70-49)67-55(86)50(29(3)41(75)26-73)61-21-33-16-34(74)25-72(33)57(87)39(68-53(40)84)18-44(77)59-20-31-10-12-32(13-11-31)65-51(82)30(4)64-45(78)22-60-43(76)14-15-71-48(81)19-42(89)58(71)88/h6-13,28-30,33-34,38-42,49-50,61,69,73-75,89H,5,14-27H2,1-4H3,(H,59,77)(H,60,76)(H,62,83)(H,63,85)(H,64,78)(H,65,82)(H,66,79)(H,67,86)(H,68,84)(H,70,80)/t28?,29?,30-,33?,34?,38?,39?,40?,41?,42?,49?,50?/m0/s1. The molecule has 15 N–H and O–H groups in total. The van der Waals surface area contributed by atoms with Gasteiger partial charge in [0.05, 0.1) is 61.2 Å².